The summed E-state index contributed by atoms with van der Waals surface area (Å²) in [5.41, 5.74) is 1.74. The number of rotatable bonds is 8. The molecule has 2 aromatic carbocycles. The minimum Gasteiger partial charge on any atom is -0.383 e. The lowest BCUT2D eigenvalue weighted by molar-refractivity contribution is -0.134. The average molecular weight is 480 g/mol. The summed E-state index contributed by atoms with van der Waals surface area (Å²) in [4.78, 5) is 38.2. The average Bonchev–Trinajstić information content (AvgIpc) is 3.37. The molecule has 1 aromatic heterocycles. The highest BCUT2D eigenvalue weighted by Gasteiger charge is 2.55. The molecule has 0 bridgehead atoms. The first kappa shape index (κ1) is 23.4. The molecule has 2 saturated heterocycles. The minimum absolute atomic E-state index is 0.0385. The number of amides is 3. The van der Waals surface area contributed by atoms with E-state index in [1.54, 1.807) is 19.2 Å². The van der Waals surface area contributed by atoms with Crippen LogP contribution in [0.25, 0.3) is 11.0 Å². The summed E-state index contributed by atoms with van der Waals surface area (Å²) in [6.07, 6.45) is 1.84. The van der Waals surface area contributed by atoms with Crippen molar-refractivity contribution in [1.82, 2.24) is 25.1 Å². The number of carbonyl (C=O) groups is 2. The molecule has 1 atom stereocenters. The Morgan fingerprint density at radius 1 is 1.11 bits per heavy atom. The lowest BCUT2D eigenvalue weighted by Gasteiger charge is -2.41. The SMILES string of the molecule is COCCN1C(=O)NC(Cc2ccc(F)cc2)(C2CCN(Cc3nc4ccccc4[nH]3)CC2)C1=O. The number of aromatic nitrogens is 2. The lowest BCUT2D eigenvalue weighted by atomic mass is 9.74. The first-order valence-corrected chi connectivity index (χ1v) is 12.0. The molecule has 184 valence electrons. The van der Waals surface area contributed by atoms with Crippen LogP contribution in [0.1, 0.15) is 24.2 Å². The van der Waals surface area contributed by atoms with E-state index in [2.05, 4.69) is 20.2 Å². The van der Waals surface area contributed by atoms with Crippen LogP contribution in [0.3, 0.4) is 0 Å². The van der Waals surface area contributed by atoms with E-state index in [0.29, 0.717) is 13.0 Å². The van der Waals surface area contributed by atoms with E-state index in [4.69, 9.17) is 4.74 Å². The number of halogens is 1. The normalized spacial score (nSPS) is 21.7. The van der Waals surface area contributed by atoms with Gasteiger partial charge in [-0.3, -0.25) is 14.6 Å². The molecule has 1 unspecified atom stereocenters. The fourth-order valence-electron chi connectivity index (χ4n) is 5.37. The Labute approximate surface area is 203 Å². The molecule has 2 aliphatic heterocycles. The highest BCUT2D eigenvalue weighted by Crippen LogP contribution is 2.36. The summed E-state index contributed by atoms with van der Waals surface area (Å²) in [5.74, 6) is 0.329. The number of piperidine rings is 1. The van der Waals surface area contributed by atoms with Crippen LogP contribution in [-0.4, -0.2) is 70.6 Å². The second-order valence-electron chi connectivity index (χ2n) is 9.41. The van der Waals surface area contributed by atoms with Gasteiger partial charge in [0, 0.05) is 13.5 Å². The number of carbonyl (C=O) groups excluding carboxylic acids is 2. The van der Waals surface area contributed by atoms with Crippen LogP contribution in [0.15, 0.2) is 48.5 Å². The van der Waals surface area contributed by atoms with Crippen molar-refractivity contribution < 1.29 is 18.7 Å². The molecule has 2 N–H and O–H groups in total. The second-order valence-corrected chi connectivity index (χ2v) is 9.41. The quantitative estimate of drug-likeness (QED) is 0.485. The van der Waals surface area contributed by atoms with Gasteiger partial charge in [-0.2, -0.15) is 0 Å². The molecule has 3 amide bonds. The maximum absolute atomic E-state index is 13.7. The number of fused-ring (bicyclic) bond motifs is 1. The van der Waals surface area contributed by atoms with Crippen LogP contribution in [0, 0.1) is 11.7 Å². The maximum Gasteiger partial charge on any atom is 0.325 e. The number of methoxy groups -OCH3 is 1. The summed E-state index contributed by atoms with van der Waals surface area (Å²) in [7, 11) is 1.54. The number of benzene rings is 2. The van der Waals surface area contributed by atoms with Gasteiger partial charge in [-0.15, -0.1) is 0 Å². The molecule has 0 aliphatic carbocycles. The minimum atomic E-state index is -1.05. The second kappa shape index (κ2) is 9.75. The number of imide groups is 1. The summed E-state index contributed by atoms with van der Waals surface area (Å²) in [5, 5.41) is 3.04. The zero-order valence-electron chi connectivity index (χ0n) is 19.8. The first-order chi connectivity index (χ1) is 17.0. The maximum atomic E-state index is 13.7. The number of hydrogen-bond acceptors (Lipinski definition) is 5. The van der Waals surface area contributed by atoms with E-state index >= 15 is 0 Å². The number of nitrogens with one attached hydrogen (secondary N) is 2. The van der Waals surface area contributed by atoms with Crippen LogP contribution < -0.4 is 5.32 Å². The van der Waals surface area contributed by atoms with Crippen molar-refractivity contribution in [2.24, 2.45) is 5.92 Å². The number of aromatic amines is 1. The Balaban J connectivity index is 1.33. The predicted molar refractivity (Wildman–Crippen MR) is 129 cm³/mol. The van der Waals surface area contributed by atoms with Crippen LogP contribution >= 0.6 is 0 Å². The van der Waals surface area contributed by atoms with Gasteiger partial charge in [0.25, 0.3) is 5.91 Å². The number of nitrogens with zero attached hydrogens (tertiary/aromatic N) is 3. The van der Waals surface area contributed by atoms with Crippen molar-refractivity contribution in [3.05, 3.63) is 65.7 Å². The number of urea groups is 1. The summed E-state index contributed by atoms with van der Waals surface area (Å²) >= 11 is 0. The van der Waals surface area contributed by atoms with E-state index in [-0.39, 0.29) is 36.8 Å². The number of imidazole rings is 1. The summed E-state index contributed by atoms with van der Waals surface area (Å²) in [6.45, 7) is 2.76. The molecule has 9 heteroatoms. The highest BCUT2D eigenvalue weighted by atomic mass is 19.1. The van der Waals surface area contributed by atoms with Crippen molar-refractivity contribution in [2.75, 3.05) is 33.4 Å². The van der Waals surface area contributed by atoms with E-state index < -0.39 is 5.54 Å². The molecule has 0 radical (unpaired) electrons. The molecule has 2 fully saturated rings. The van der Waals surface area contributed by atoms with Gasteiger partial charge in [0.05, 0.1) is 30.7 Å². The number of ether oxygens (including phenoxy) is 1. The molecule has 35 heavy (non-hydrogen) atoms. The van der Waals surface area contributed by atoms with Gasteiger partial charge in [0.2, 0.25) is 0 Å². The molecular weight excluding hydrogens is 449 g/mol. The Hall–Kier alpha value is -3.30. The zero-order valence-corrected chi connectivity index (χ0v) is 19.8. The summed E-state index contributed by atoms with van der Waals surface area (Å²) < 4.78 is 18.6. The molecular formula is C26H30FN5O3. The van der Waals surface area contributed by atoms with E-state index in [9.17, 15) is 14.0 Å². The van der Waals surface area contributed by atoms with Crippen molar-refractivity contribution in [2.45, 2.75) is 31.3 Å². The van der Waals surface area contributed by atoms with Crippen molar-refractivity contribution in [3.8, 4) is 0 Å². The van der Waals surface area contributed by atoms with Crippen LogP contribution in [0.2, 0.25) is 0 Å². The van der Waals surface area contributed by atoms with Gasteiger partial charge in [0.1, 0.15) is 17.2 Å². The van der Waals surface area contributed by atoms with E-state index in [0.717, 1.165) is 48.4 Å². The number of para-hydroxylation sites is 2. The van der Waals surface area contributed by atoms with Crippen LogP contribution in [0.4, 0.5) is 9.18 Å². The van der Waals surface area contributed by atoms with Crippen molar-refractivity contribution >= 4 is 23.0 Å². The van der Waals surface area contributed by atoms with Crippen molar-refractivity contribution in [1.29, 1.82) is 0 Å². The molecule has 5 rings (SSSR count). The van der Waals surface area contributed by atoms with E-state index in [1.165, 1.54) is 17.0 Å². The third-order valence-electron chi connectivity index (χ3n) is 7.21. The highest BCUT2D eigenvalue weighted by molar-refractivity contribution is 6.07. The molecule has 3 heterocycles. The third-order valence-corrected chi connectivity index (χ3v) is 7.21. The molecule has 2 aliphatic rings. The topological polar surface area (TPSA) is 90.6 Å². The predicted octanol–water partition coefficient (Wildman–Crippen LogP) is 3.09. The Bertz CT molecular complexity index is 1170. The van der Waals surface area contributed by atoms with Gasteiger partial charge in [0.15, 0.2) is 0 Å². The van der Waals surface area contributed by atoms with Gasteiger partial charge in [-0.25, -0.2) is 14.2 Å². The van der Waals surface area contributed by atoms with Gasteiger partial charge in [-0.1, -0.05) is 24.3 Å². The van der Waals surface area contributed by atoms with Crippen LogP contribution in [-0.2, 0) is 22.5 Å². The smallest absolute Gasteiger partial charge is 0.325 e. The standard InChI is InChI=1S/C26H30FN5O3/c1-35-15-14-32-24(33)26(30-25(32)34,16-18-6-8-20(27)9-7-18)19-10-12-31(13-11-19)17-23-28-21-4-2-3-5-22(21)29-23/h2-9,19H,10-17H2,1H3,(H,28,29)(H,30,34). The number of hydrogen-bond donors (Lipinski definition) is 2. The van der Waals surface area contributed by atoms with Gasteiger partial charge < -0.3 is 15.0 Å². The lowest BCUT2D eigenvalue weighted by Crippen LogP contribution is -2.57. The molecule has 0 spiro atoms. The zero-order chi connectivity index (χ0) is 24.4. The fourth-order valence-corrected chi connectivity index (χ4v) is 5.37. The Morgan fingerprint density at radius 2 is 1.86 bits per heavy atom. The molecule has 3 aromatic rings. The van der Waals surface area contributed by atoms with E-state index in [1.807, 2.05) is 24.3 Å². The Morgan fingerprint density at radius 3 is 2.57 bits per heavy atom. The molecule has 0 saturated carbocycles. The largest absolute Gasteiger partial charge is 0.383 e. The Kier molecular flexibility index (Phi) is 6.53. The fraction of sp³-hybridized carbons (Fsp3) is 0.423. The molecule has 8 nitrogen and oxygen atoms in total. The summed E-state index contributed by atoms with van der Waals surface area (Å²) in [6, 6.07) is 13.7. The first-order valence-electron chi connectivity index (χ1n) is 12.0. The number of H-pyrrole nitrogens is 1. The monoisotopic (exact) mass is 479 g/mol. The van der Waals surface area contributed by atoms with Gasteiger partial charge in [-0.05, 0) is 61.7 Å². The van der Waals surface area contributed by atoms with Crippen LogP contribution in [0.5, 0.6) is 0 Å². The third kappa shape index (κ3) is 4.66. The van der Waals surface area contributed by atoms with Gasteiger partial charge >= 0.3 is 6.03 Å². The van der Waals surface area contributed by atoms with Crippen molar-refractivity contribution in [3.63, 3.8) is 0 Å². The number of likely N-dealkylation sites (tertiary alicyclic amines) is 1.